The molecule has 0 spiro atoms. The van der Waals surface area contributed by atoms with Gasteiger partial charge in [0.25, 0.3) is 0 Å². The Morgan fingerprint density at radius 1 is 0.474 bits per heavy atom. The van der Waals surface area contributed by atoms with E-state index in [9.17, 15) is 0 Å². The maximum Gasteiger partial charge on any atom is -0.147 e. The van der Waals surface area contributed by atoms with E-state index >= 15 is 0 Å². The predicted molar refractivity (Wildman–Crippen MR) is 164 cm³/mol. The summed E-state index contributed by atoms with van der Waals surface area (Å²) in [6.45, 7) is 0. The number of hydrogen-bond acceptors (Lipinski definition) is 0. The Balaban J connectivity index is 0.00000147. The molecule has 0 heterocycles. The molecule has 2 aliphatic carbocycles. The summed E-state index contributed by atoms with van der Waals surface area (Å²) in [5.74, 6) is 0. The predicted octanol–water partition coefficient (Wildman–Crippen LogP) is 7.79. The Morgan fingerprint density at radius 2 is 0.921 bits per heavy atom. The van der Waals surface area contributed by atoms with Gasteiger partial charge in [0.05, 0.1) is 0 Å². The minimum atomic E-state index is -2.01. The normalized spacial score (nSPS) is 14.5. The van der Waals surface area contributed by atoms with Crippen molar-refractivity contribution in [3.63, 3.8) is 0 Å². The van der Waals surface area contributed by atoms with Gasteiger partial charge >= 0.3 is 221 Å². The molecule has 0 saturated carbocycles. The molecule has 0 aromatic heterocycles. The van der Waals surface area contributed by atoms with Crippen molar-refractivity contribution in [3.8, 4) is 11.1 Å². The van der Waals surface area contributed by atoms with Gasteiger partial charge < -0.3 is 0 Å². The Morgan fingerprint density at radius 3 is 1.47 bits per heavy atom. The molecule has 5 aromatic rings. The van der Waals surface area contributed by atoms with Crippen molar-refractivity contribution in [2.24, 2.45) is 0 Å². The van der Waals surface area contributed by atoms with Crippen molar-refractivity contribution in [3.05, 3.63) is 162 Å². The Bertz CT molecular complexity index is 1560. The van der Waals surface area contributed by atoms with Crippen LogP contribution >= 0.6 is 24.8 Å². The van der Waals surface area contributed by atoms with Crippen molar-refractivity contribution in [2.45, 2.75) is 8.45 Å². The van der Waals surface area contributed by atoms with Crippen LogP contribution in [0.15, 0.2) is 140 Å². The van der Waals surface area contributed by atoms with Gasteiger partial charge in [0.1, 0.15) is 0 Å². The van der Waals surface area contributed by atoms with E-state index in [2.05, 4.69) is 146 Å². The third-order valence-electron chi connectivity index (χ3n) is 7.69. The quantitative estimate of drug-likeness (QED) is 0.190. The molecular formula is C34H28Cl2SiTi. The summed E-state index contributed by atoms with van der Waals surface area (Å²) in [6, 6.07) is 50.5. The summed E-state index contributed by atoms with van der Waals surface area (Å²) < 4.78 is 1.03. The van der Waals surface area contributed by atoms with E-state index in [1.165, 1.54) is 16.7 Å². The van der Waals surface area contributed by atoms with Gasteiger partial charge in [-0.15, -0.1) is 24.8 Å². The summed E-state index contributed by atoms with van der Waals surface area (Å²) in [4.78, 5) is 0. The fraction of sp³-hybridized carbons (Fsp3) is 0.0588. The monoisotopic (exact) mass is 582 g/mol. The largest absolute Gasteiger partial charge is 0.147 e. The minimum absolute atomic E-state index is 0. The number of halogens is 2. The van der Waals surface area contributed by atoms with Crippen LogP contribution in [0.5, 0.6) is 0 Å². The second-order valence-electron chi connectivity index (χ2n) is 9.64. The molecule has 5 aromatic carbocycles. The van der Waals surface area contributed by atoms with Crippen LogP contribution in [-0.2, 0) is 16.6 Å². The molecule has 1 atom stereocenters. The van der Waals surface area contributed by atoms with Gasteiger partial charge in [-0.05, 0) is 0 Å². The van der Waals surface area contributed by atoms with Gasteiger partial charge in [0.2, 0.25) is 0 Å². The molecule has 2 aliphatic rings. The van der Waals surface area contributed by atoms with Crippen LogP contribution in [0.25, 0.3) is 17.2 Å². The molecule has 0 fully saturated rings. The molecule has 38 heavy (non-hydrogen) atoms. The first-order valence-electron chi connectivity index (χ1n) is 12.7. The molecule has 0 radical (unpaired) electrons. The van der Waals surface area contributed by atoms with Crippen LogP contribution < -0.4 is 10.4 Å². The van der Waals surface area contributed by atoms with Crippen LogP contribution in [0, 0.1) is 0 Å². The van der Waals surface area contributed by atoms with Gasteiger partial charge in [-0.25, -0.2) is 0 Å². The fourth-order valence-electron chi connectivity index (χ4n) is 6.20. The van der Waals surface area contributed by atoms with Crippen molar-refractivity contribution in [2.75, 3.05) is 0 Å². The topological polar surface area (TPSA) is 0 Å². The minimum Gasteiger partial charge on any atom is -0.147 e. The second kappa shape index (κ2) is 11.6. The van der Waals surface area contributed by atoms with E-state index in [0.717, 1.165) is 0 Å². The SMILES string of the molecule is C1=C[CH]([Ti]([CH]2c3ccccc3-c3ccccc32)=[Si](c2ccccc2)c2ccccc2)c2ccccc21.Cl.Cl. The van der Waals surface area contributed by atoms with Crippen LogP contribution in [-0.4, -0.2) is 6.19 Å². The molecule has 0 aliphatic heterocycles. The first kappa shape index (κ1) is 26.9. The van der Waals surface area contributed by atoms with Gasteiger partial charge in [-0.1, -0.05) is 0 Å². The van der Waals surface area contributed by atoms with E-state index in [1.54, 1.807) is 27.1 Å². The average molecular weight is 583 g/mol. The number of allylic oxidation sites excluding steroid dienone is 1. The molecule has 0 amide bonds. The van der Waals surface area contributed by atoms with Gasteiger partial charge in [-0.2, -0.15) is 0 Å². The Kier molecular flexibility index (Phi) is 8.24. The van der Waals surface area contributed by atoms with Crippen molar-refractivity contribution in [1.82, 2.24) is 0 Å². The van der Waals surface area contributed by atoms with E-state index in [1.807, 2.05) is 0 Å². The summed E-state index contributed by atoms with van der Waals surface area (Å²) in [5.41, 5.74) is 8.96. The zero-order valence-electron chi connectivity index (χ0n) is 20.8. The van der Waals surface area contributed by atoms with Crippen molar-refractivity contribution >= 4 is 47.4 Å². The third kappa shape index (κ3) is 4.57. The summed E-state index contributed by atoms with van der Waals surface area (Å²) in [7, 11) is 0. The molecule has 0 saturated heterocycles. The van der Waals surface area contributed by atoms with Gasteiger partial charge in [-0.3, -0.25) is 0 Å². The summed E-state index contributed by atoms with van der Waals surface area (Å²) >= 11 is -2.01. The van der Waals surface area contributed by atoms with Crippen molar-refractivity contribution in [1.29, 1.82) is 0 Å². The van der Waals surface area contributed by atoms with E-state index in [0.29, 0.717) is 8.45 Å². The molecular weight excluding hydrogens is 555 g/mol. The smallest absolute Gasteiger partial charge is 0.147 e. The zero-order valence-corrected chi connectivity index (χ0v) is 25.0. The third-order valence-corrected chi connectivity index (χ3v) is 21.7. The first-order chi connectivity index (χ1) is 17.9. The molecule has 0 N–H and O–H groups in total. The van der Waals surface area contributed by atoms with E-state index in [4.69, 9.17) is 0 Å². The number of rotatable bonds is 4. The molecule has 186 valence electrons. The first-order valence-corrected chi connectivity index (χ1v) is 18.3. The van der Waals surface area contributed by atoms with E-state index in [-0.39, 0.29) is 24.8 Å². The fourth-order valence-corrected chi connectivity index (χ4v) is 22.5. The number of fused-ring (bicyclic) bond motifs is 4. The van der Waals surface area contributed by atoms with E-state index < -0.39 is 22.8 Å². The molecule has 4 heteroatoms. The molecule has 0 bridgehead atoms. The summed E-state index contributed by atoms with van der Waals surface area (Å²) in [5, 5.41) is 3.12. The molecule has 1 unspecified atom stereocenters. The van der Waals surface area contributed by atoms with Crippen LogP contribution in [0.3, 0.4) is 0 Å². The molecule has 7 rings (SSSR count). The average Bonchev–Trinajstić information content (AvgIpc) is 3.52. The van der Waals surface area contributed by atoms with Gasteiger partial charge in [0, 0.05) is 0 Å². The standard InChI is InChI=1S/C13H9.C12H10Si.C9H7.2ClH.Ti/c1-3-7-12-10(5-1)9-11-6-2-4-8-13(11)12;1-3-7-11(8-4-1)13-12-9-5-2-6-10-12;1-2-5-9-7-3-6-8(9)4-1;;;/h1-9H;1-10H;1-7H;2*1H;. The van der Waals surface area contributed by atoms with Crippen LogP contribution in [0.4, 0.5) is 0 Å². The van der Waals surface area contributed by atoms with Crippen LogP contribution in [0.2, 0.25) is 0 Å². The Labute approximate surface area is 243 Å². The zero-order chi connectivity index (χ0) is 23.9. The van der Waals surface area contributed by atoms with Crippen molar-refractivity contribution < 1.29 is 16.6 Å². The second-order valence-corrected chi connectivity index (χ2v) is 19.6. The maximum atomic E-state index is 2.57. The number of benzene rings is 5. The maximum absolute atomic E-state index is 2.57. The summed E-state index contributed by atoms with van der Waals surface area (Å²) in [6.07, 6.45) is 3.95. The van der Waals surface area contributed by atoms with Crippen LogP contribution in [0.1, 0.15) is 30.7 Å². The molecule has 0 nitrogen and oxygen atoms in total. The Hall–Kier alpha value is -2.65. The van der Waals surface area contributed by atoms with Gasteiger partial charge in [0.15, 0.2) is 0 Å². The number of hydrogen-bond donors (Lipinski definition) is 0.